The van der Waals surface area contributed by atoms with Crippen LogP contribution in [0.25, 0.3) is 0 Å². The van der Waals surface area contributed by atoms with Gasteiger partial charge in [-0.2, -0.15) is 5.10 Å². The van der Waals surface area contributed by atoms with E-state index in [9.17, 15) is 4.79 Å². The number of fused-ring (bicyclic) bond motifs is 4. The van der Waals surface area contributed by atoms with Crippen molar-refractivity contribution in [3.05, 3.63) is 27.7 Å². The first-order chi connectivity index (χ1) is 6.33. The number of nitrogens with one attached hydrogen (secondary N) is 2. The van der Waals surface area contributed by atoms with Gasteiger partial charge in [-0.05, 0) is 24.8 Å². The maximum absolute atomic E-state index is 11.0. The Hall–Kier alpha value is -1.16. The zero-order chi connectivity index (χ0) is 8.84. The van der Waals surface area contributed by atoms with Gasteiger partial charge in [0.1, 0.15) is 0 Å². The Morgan fingerprint density at radius 2 is 2.46 bits per heavy atom. The highest BCUT2D eigenvalue weighted by Crippen LogP contribution is 2.33. The molecule has 0 aliphatic carbocycles. The van der Waals surface area contributed by atoms with E-state index in [4.69, 9.17) is 0 Å². The third kappa shape index (κ3) is 1.02. The fourth-order valence-corrected chi connectivity index (χ4v) is 2.38. The van der Waals surface area contributed by atoms with Crippen LogP contribution in [0.1, 0.15) is 31.6 Å². The second-order valence-electron chi connectivity index (χ2n) is 3.84. The maximum atomic E-state index is 11.0. The van der Waals surface area contributed by atoms with E-state index in [-0.39, 0.29) is 6.99 Å². The highest BCUT2D eigenvalue weighted by atomic mass is 16.1. The van der Waals surface area contributed by atoms with Gasteiger partial charge in [-0.25, -0.2) is 5.10 Å². The minimum absolute atomic E-state index is 0. The quantitative estimate of drug-likeness (QED) is 0.604. The van der Waals surface area contributed by atoms with Crippen molar-refractivity contribution in [3.63, 3.8) is 0 Å². The number of rotatable bonds is 0. The van der Waals surface area contributed by atoms with Crippen molar-refractivity contribution in [2.45, 2.75) is 31.3 Å². The smallest absolute Gasteiger partial charge is 0.264 e. The van der Waals surface area contributed by atoms with Crippen molar-refractivity contribution in [2.75, 3.05) is 0 Å². The Bertz CT molecular complexity index is 403. The van der Waals surface area contributed by atoms with Gasteiger partial charge in [-0.3, -0.25) is 4.79 Å². The molecule has 1 aromatic heterocycles. The van der Waals surface area contributed by atoms with Crippen molar-refractivity contribution in [1.82, 2.24) is 15.5 Å². The monoisotopic (exact) mass is 179 g/mol. The van der Waals surface area contributed by atoms with E-state index < -0.39 is 0 Å². The summed E-state index contributed by atoms with van der Waals surface area (Å²) in [6, 6.07) is 2.64. The molecule has 4 heteroatoms. The molecule has 1 fully saturated rings. The molecule has 1 aromatic rings. The molecule has 2 N–H and O–H groups in total. The van der Waals surface area contributed by atoms with Crippen LogP contribution in [0.4, 0.5) is 0 Å². The molecule has 0 amide bonds. The summed E-state index contributed by atoms with van der Waals surface area (Å²) in [5, 5.41) is 10.1. The molecule has 70 valence electrons. The zero-order valence-electron chi connectivity index (χ0n) is 7.21. The predicted molar refractivity (Wildman–Crippen MR) is 49.6 cm³/mol. The highest BCUT2D eigenvalue weighted by molar-refractivity contribution is 5.27. The van der Waals surface area contributed by atoms with Gasteiger partial charge in [0.25, 0.3) is 5.56 Å². The van der Waals surface area contributed by atoms with Crippen molar-refractivity contribution >= 4 is 0 Å². The van der Waals surface area contributed by atoms with Crippen molar-refractivity contribution in [2.24, 2.45) is 0 Å². The molecular formula is C9H13N3O. The molecule has 13 heavy (non-hydrogen) atoms. The molecule has 3 rings (SSSR count). The van der Waals surface area contributed by atoms with Crippen LogP contribution >= 0.6 is 0 Å². The Morgan fingerprint density at radius 1 is 1.54 bits per heavy atom. The van der Waals surface area contributed by atoms with Crippen LogP contribution in [-0.2, 0) is 6.42 Å². The van der Waals surface area contributed by atoms with Crippen LogP contribution in [0.2, 0.25) is 0 Å². The van der Waals surface area contributed by atoms with E-state index in [1.54, 1.807) is 6.07 Å². The van der Waals surface area contributed by atoms with Gasteiger partial charge < -0.3 is 5.32 Å². The summed E-state index contributed by atoms with van der Waals surface area (Å²) >= 11 is 0. The molecule has 2 atom stereocenters. The summed E-state index contributed by atoms with van der Waals surface area (Å²) in [5.41, 5.74) is 2.10. The van der Waals surface area contributed by atoms with Gasteiger partial charge in [-0.15, -0.1) is 0 Å². The SMILES string of the molecule is O=c1cc2c(n[nH]1)C1CCC(C2)N1.[HH]. The lowest BCUT2D eigenvalue weighted by atomic mass is 10.0. The molecule has 0 saturated carbocycles. The van der Waals surface area contributed by atoms with E-state index >= 15 is 0 Å². The Balaban J connectivity index is 0.000000750. The van der Waals surface area contributed by atoms with Gasteiger partial charge in [0, 0.05) is 13.5 Å². The number of aromatic amines is 1. The number of nitrogens with zero attached hydrogens (tertiary/aromatic N) is 1. The average Bonchev–Trinajstić information content (AvgIpc) is 2.48. The molecule has 3 heterocycles. The van der Waals surface area contributed by atoms with E-state index in [2.05, 4.69) is 15.5 Å². The standard InChI is InChI=1S/C9H11N3O.H2/c13-8-4-5-3-6-1-2-7(10-6)9(5)12-11-8;/h4,6-7,10H,1-3H2,(H,11,13);1H. The van der Waals surface area contributed by atoms with Crippen LogP contribution in [0.15, 0.2) is 10.9 Å². The highest BCUT2D eigenvalue weighted by Gasteiger charge is 2.33. The summed E-state index contributed by atoms with van der Waals surface area (Å²) in [4.78, 5) is 11.0. The molecule has 2 aliphatic rings. The largest absolute Gasteiger partial charge is 0.305 e. The second-order valence-corrected chi connectivity index (χ2v) is 3.84. The van der Waals surface area contributed by atoms with Gasteiger partial charge in [-0.1, -0.05) is 0 Å². The van der Waals surface area contributed by atoms with Crippen LogP contribution in [0, 0.1) is 0 Å². The third-order valence-electron chi connectivity index (χ3n) is 2.96. The summed E-state index contributed by atoms with van der Waals surface area (Å²) in [7, 11) is 0. The normalized spacial score (nSPS) is 30.2. The topological polar surface area (TPSA) is 57.8 Å². The summed E-state index contributed by atoms with van der Waals surface area (Å²) < 4.78 is 0. The first kappa shape index (κ1) is 7.26. The molecule has 2 bridgehead atoms. The average molecular weight is 179 g/mol. The van der Waals surface area contributed by atoms with Crippen LogP contribution in [0.5, 0.6) is 0 Å². The Kier molecular flexibility index (Phi) is 1.35. The maximum Gasteiger partial charge on any atom is 0.264 e. The first-order valence-corrected chi connectivity index (χ1v) is 4.67. The minimum Gasteiger partial charge on any atom is -0.305 e. The molecule has 0 spiro atoms. The number of H-pyrrole nitrogens is 1. The third-order valence-corrected chi connectivity index (χ3v) is 2.96. The van der Waals surface area contributed by atoms with E-state index in [1.807, 2.05) is 0 Å². The predicted octanol–water partition coefficient (Wildman–Crippen LogP) is 0.365. The van der Waals surface area contributed by atoms with Gasteiger partial charge in [0.2, 0.25) is 0 Å². The molecule has 1 saturated heterocycles. The van der Waals surface area contributed by atoms with Crippen molar-refractivity contribution in [1.29, 1.82) is 0 Å². The summed E-state index contributed by atoms with van der Waals surface area (Å²) in [6.45, 7) is 0. The van der Waals surface area contributed by atoms with Crippen molar-refractivity contribution in [3.8, 4) is 0 Å². The van der Waals surface area contributed by atoms with E-state index in [0.29, 0.717) is 12.1 Å². The minimum atomic E-state index is -0.0833. The molecule has 2 unspecified atom stereocenters. The Morgan fingerprint density at radius 3 is 3.38 bits per heavy atom. The number of hydrogen-bond acceptors (Lipinski definition) is 3. The van der Waals surface area contributed by atoms with Crippen LogP contribution < -0.4 is 10.9 Å². The zero-order valence-corrected chi connectivity index (χ0v) is 7.21. The lowest BCUT2D eigenvalue weighted by molar-refractivity contribution is 0.497. The van der Waals surface area contributed by atoms with Gasteiger partial charge in [0.05, 0.1) is 11.7 Å². The summed E-state index contributed by atoms with van der Waals surface area (Å²) in [5.74, 6) is 0. The Labute approximate surface area is 76.8 Å². The molecule has 4 nitrogen and oxygen atoms in total. The molecule has 0 radical (unpaired) electrons. The molecule has 0 aromatic carbocycles. The second kappa shape index (κ2) is 2.42. The number of aromatic nitrogens is 2. The lowest BCUT2D eigenvalue weighted by Gasteiger charge is -2.22. The number of hydrogen-bond donors (Lipinski definition) is 2. The van der Waals surface area contributed by atoms with Gasteiger partial charge >= 0.3 is 0 Å². The molecule has 2 aliphatic heterocycles. The van der Waals surface area contributed by atoms with Gasteiger partial charge in [0.15, 0.2) is 0 Å². The van der Waals surface area contributed by atoms with Crippen molar-refractivity contribution < 1.29 is 1.43 Å². The lowest BCUT2D eigenvalue weighted by Crippen LogP contribution is -2.34. The summed E-state index contributed by atoms with van der Waals surface area (Å²) in [6.07, 6.45) is 3.31. The van der Waals surface area contributed by atoms with Crippen LogP contribution in [0.3, 0.4) is 0 Å². The fourth-order valence-electron chi connectivity index (χ4n) is 2.38. The first-order valence-electron chi connectivity index (χ1n) is 4.67. The fraction of sp³-hybridized carbons (Fsp3) is 0.556. The van der Waals surface area contributed by atoms with Crippen LogP contribution in [-0.4, -0.2) is 16.2 Å². The molecular weight excluding hydrogens is 166 g/mol. The van der Waals surface area contributed by atoms with E-state index in [1.165, 1.54) is 6.42 Å². The van der Waals surface area contributed by atoms with E-state index in [0.717, 1.165) is 24.1 Å².